The van der Waals surface area contributed by atoms with Crippen LogP contribution in [-0.4, -0.2) is 36.4 Å². The fourth-order valence-corrected chi connectivity index (χ4v) is 3.64. The Labute approximate surface area is 200 Å². The van der Waals surface area contributed by atoms with Crippen LogP contribution in [0.15, 0.2) is 78.9 Å². The molecule has 0 unspecified atom stereocenters. The van der Waals surface area contributed by atoms with E-state index >= 15 is 0 Å². The molecule has 4 aromatic rings. The van der Waals surface area contributed by atoms with E-state index in [-0.39, 0.29) is 11.5 Å². The fourth-order valence-electron chi connectivity index (χ4n) is 3.41. The van der Waals surface area contributed by atoms with Crippen molar-refractivity contribution in [1.29, 1.82) is 0 Å². The van der Waals surface area contributed by atoms with E-state index in [0.29, 0.717) is 38.4 Å². The molecular weight excluding hydrogens is 454 g/mol. The summed E-state index contributed by atoms with van der Waals surface area (Å²) in [5.41, 5.74) is 3.03. The monoisotopic (exact) mass is 473 g/mol. The van der Waals surface area contributed by atoms with Gasteiger partial charge in [-0.15, -0.1) is 0 Å². The second-order valence-electron chi connectivity index (χ2n) is 7.33. The Kier molecular flexibility index (Phi) is 6.85. The normalized spacial score (nSPS) is 10.5. The Hall–Kier alpha value is -4.23. The van der Waals surface area contributed by atoms with Crippen molar-refractivity contribution in [3.8, 4) is 11.3 Å². The third-order valence-electron chi connectivity index (χ3n) is 5.08. The Morgan fingerprint density at radius 1 is 0.941 bits per heavy atom. The number of esters is 1. The number of anilines is 1. The molecule has 0 bridgehead atoms. The summed E-state index contributed by atoms with van der Waals surface area (Å²) in [5, 5.41) is 6.27. The Morgan fingerprint density at radius 2 is 1.65 bits per heavy atom. The lowest BCUT2D eigenvalue weighted by atomic mass is 10.0. The maximum atomic E-state index is 12.9. The number of nitrogens with one attached hydrogen (secondary N) is 2. The van der Waals surface area contributed by atoms with Crippen molar-refractivity contribution in [3.05, 3.63) is 95.0 Å². The number of halogens is 1. The molecule has 0 aliphatic heterocycles. The van der Waals surface area contributed by atoms with Crippen LogP contribution in [0.5, 0.6) is 0 Å². The molecular formula is C26H20ClN3O4. The van der Waals surface area contributed by atoms with Crippen LogP contribution in [0, 0.1) is 0 Å². The highest BCUT2D eigenvalue weighted by molar-refractivity contribution is 6.33. The molecule has 0 aliphatic carbocycles. The van der Waals surface area contributed by atoms with Crippen molar-refractivity contribution in [2.45, 2.75) is 0 Å². The van der Waals surface area contributed by atoms with Gasteiger partial charge >= 0.3 is 5.97 Å². The molecule has 0 aliphatic rings. The Morgan fingerprint density at radius 3 is 2.38 bits per heavy atom. The van der Waals surface area contributed by atoms with Crippen molar-refractivity contribution in [3.63, 3.8) is 0 Å². The van der Waals surface area contributed by atoms with E-state index in [1.807, 2.05) is 24.3 Å². The SMILES string of the molecule is CNC(=O)c1ccc(NC(=O)COC(=O)c2cc(-c3ccccc3Cl)nc3ccccc23)cc1. The summed E-state index contributed by atoms with van der Waals surface area (Å²) in [5.74, 6) is -1.39. The first-order valence-corrected chi connectivity index (χ1v) is 10.8. The minimum absolute atomic E-state index is 0.229. The molecule has 0 fully saturated rings. The summed E-state index contributed by atoms with van der Waals surface area (Å²) in [6.45, 7) is -0.478. The first-order chi connectivity index (χ1) is 16.5. The van der Waals surface area contributed by atoms with Crippen molar-refractivity contribution < 1.29 is 19.1 Å². The van der Waals surface area contributed by atoms with E-state index in [0.717, 1.165) is 0 Å². The number of carbonyl (C=O) groups is 3. The maximum Gasteiger partial charge on any atom is 0.339 e. The topological polar surface area (TPSA) is 97.4 Å². The van der Waals surface area contributed by atoms with Crippen LogP contribution in [0.3, 0.4) is 0 Å². The van der Waals surface area contributed by atoms with Gasteiger partial charge in [0, 0.05) is 34.3 Å². The third kappa shape index (κ3) is 5.05. The summed E-state index contributed by atoms with van der Waals surface area (Å²) in [7, 11) is 1.54. The molecule has 170 valence electrons. The minimum atomic E-state index is -0.656. The first kappa shape index (κ1) is 22.9. The lowest BCUT2D eigenvalue weighted by Gasteiger charge is -2.11. The predicted molar refractivity (Wildman–Crippen MR) is 131 cm³/mol. The van der Waals surface area contributed by atoms with Crippen LogP contribution in [0.25, 0.3) is 22.2 Å². The molecule has 1 heterocycles. The molecule has 0 radical (unpaired) electrons. The standard InChI is InChI=1S/C26H20ClN3O4/c1-28-25(32)16-10-12-17(13-11-16)29-24(31)15-34-26(33)20-14-23(19-7-2-4-8-21(19)27)30-22-9-5-3-6-18(20)22/h2-14H,15H2,1H3,(H,28,32)(H,29,31). The highest BCUT2D eigenvalue weighted by atomic mass is 35.5. The average Bonchev–Trinajstić information content (AvgIpc) is 2.87. The molecule has 4 rings (SSSR count). The summed E-state index contributed by atoms with van der Waals surface area (Å²) < 4.78 is 5.29. The molecule has 0 atom stereocenters. The van der Waals surface area contributed by atoms with E-state index in [2.05, 4.69) is 15.6 Å². The number of aromatic nitrogens is 1. The lowest BCUT2D eigenvalue weighted by Crippen LogP contribution is -2.21. The van der Waals surface area contributed by atoms with Gasteiger partial charge in [0.1, 0.15) is 0 Å². The van der Waals surface area contributed by atoms with Gasteiger partial charge in [0.2, 0.25) is 0 Å². The van der Waals surface area contributed by atoms with Crippen LogP contribution in [0.1, 0.15) is 20.7 Å². The van der Waals surface area contributed by atoms with Crippen molar-refractivity contribution in [1.82, 2.24) is 10.3 Å². The number of amides is 2. The van der Waals surface area contributed by atoms with Crippen molar-refractivity contribution >= 4 is 46.0 Å². The van der Waals surface area contributed by atoms with Gasteiger partial charge in [-0.05, 0) is 42.5 Å². The zero-order valence-corrected chi connectivity index (χ0v) is 18.9. The molecule has 0 saturated carbocycles. The number of nitrogens with zero attached hydrogens (tertiary/aromatic N) is 1. The minimum Gasteiger partial charge on any atom is -0.452 e. The number of pyridine rings is 1. The third-order valence-corrected chi connectivity index (χ3v) is 5.41. The van der Waals surface area contributed by atoms with E-state index in [4.69, 9.17) is 16.3 Å². The molecule has 7 nitrogen and oxygen atoms in total. The number of carbonyl (C=O) groups excluding carboxylic acids is 3. The van der Waals surface area contributed by atoms with Crippen molar-refractivity contribution in [2.24, 2.45) is 0 Å². The number of hydrogen-bond donors (Lipinski definition) is 2. The van der Waals surface area contributed by atoms with Gasteiger partial charge < -0.3 is 15.4 Å². The van der Waals surface area contributed by atoms with Gasteiger partial charge in [-0.3, -0.25) is 9.59 Å². The smallest absolute Gasteiger partial charge is 0.339 e. The van der Waals surface area contributed by atoms with Gasteiger partial charge in [-0.25, -0.2) is 9.78 Å². The number of para-hydroxylation sites is 1. The predicted octanol–water partition coefficient (Wildman–Crippen LogP) is 4.71. The number of ether oxygens (including phenoxy) is 1. The van der Waals surface area contributed by atoms with Gasteiger partial charge in [0.05, 0.1) is 16.8 Å². The Balaban J connectivity index is 1.51. The van der Waals surface area contributed by atoms with Crippen LogP contribution in [-0.2, 0) is 9.53 Å². The molecule has 3 aromatic carbocycles. The largest absolute Gasteiger partial charge is 0.452 e. The second-order valence-corrected chi connectivity index (χ2v) is 7.74. The van der Waals surface area contributed by atoms with Gasteiger partial charge in [0.25, 0.3) is 11.8 Å². The molecule has 1 aromatic heterocycles. The maximum absolute atomic E-state index is 12.9. The van der Waals surface area contributed by atoms with E-state index in [1.165, 1.54) is 7.05 Å². The van der Waals surface area contributed by atoms with Gasteiger partial charge in [0.15, 0.2) is 6.61 Å². The fraction of sp³-hybridized carbons (Fsp3) is 0.0769. The quantitative estimate of drug-likeness (QED) is 0.395. The number of benzene rings is 3. The summed E-state index contributed by atoms with van der Waals surface area (Å²) in [4.78, 5) is 41.5. The first-order valence-electron chi connectivity index (χ1n) is 10.4. The van der Waals surface area contributed by atoms with Crippen LogP contribution >= 0.6 is 11.6 Å². The van der Waals surface area contributed by atoms with E-state index < -0.39 is 18.5 Å². The van der Waals surface area contributed by atoms with E-state index in [1.54, 1.807) is 54.6 Å². The zero-order valence-electron chi connectivity index (χ0n) is 18.2. The molecule has 34 heavy (non-hydrogen) atoms. The van der Waals surface area contributed by atoms with E-state index in [9.17, 15) is 14.4 Å². The molecule has 8 heteroatoms. The highest BCUT2D eigenvalue weighted by Crippen LogP contribution is 2.30. The van der Waals surface area contributed by atoms with Crippen molar-refractivity contribution in [2.75, 3.05) is 19.0 Å². The molecule has 0 saturated heterocycles. The Bertz CT molecular complexity index is 1390. The summed E-state index contributed by atoms with van der Waals surface area (Å²) >= 11 is 6.33. The number of hydrogen-bond acceptors (Lipinski definition) is 5. The molecule has 0 spiro atoms. The number of fused-ring (bicyclic) bond motifs is 1. The van der Waals surface area contributed by atoms with Crippen LogP contribution in [0.4, 0.5) is 5.69 Å². The average molecular weight is 474 g/mol. The highest BCUT2D eigenvalue weighted by Gasteiger charge is 2.17. The molecule has 2 N–H and O–H groups in total. The second kappa shape index (κ2) is 10.1. The zero-order chi connectivity index (χ0) is 24.1. The van der Waals surface area contributed by atoms with Crippen LogP contribution < -0.4 is 10.6 Å². The number of rotatable bonds is 6. The van der Waals surface area contributed by atoms with Crippen LogP contribution in [0.2, 0.25) is 5.02 Å². The van der Waals surface area contributed by atoms with Gasteiger partial charge in [-0.2, -0.15) is 0 Å². The summed E-state index contributed by atoms with van der Waals surface area (Å²) in [6, 6.07) is 22.4. The lowest BCUT2D eigenvalue weighted by molar-refractivity contribution is -0.119. The van der Waals surface area contributed by atoms with Gasteiger partial charge in [-0.1, -0.05) is 48.0 Å². The summed E-state index contributed by atoms with van der Waals surface area (Å²) in [6.07, 6.45) is 0. The molecule has 2 amide bonds.